The Hall–Kier alpha value is -1.44. The number of anilines is 1. The summed E-state index contributed by atoms with van der Waals surface area (Å²) in [6, 6.07) is 4.28. The average Bonchev–Trinajstić information content (AvgIpc) is 2.87. The lowest BCUT2D eigenvalue weighted by molar-refractivity contribution is -0.121. The molecule has 7 heteroatoms. The Morgan fingerprint density at radius 1 is 1.39 bits per heavy atom. The first-order chi connectivity index (χ1) is 10.6. The second-order valence-electron chi connectivity index (χ2n) is 6.88. The Morgan fingerprint density at radius 3 is 2.61 bits per heavy atom. The number of hydrogen-bond acceptors (Lipinski definition) is 4. The van der Waals surface area contributed by atoms with Crippen molar-refractivity contribution in [3.63, 3.8) is 0 Å². The van der Waals surface area contributed by atoms with Crippen LogP contribution in [-0.4, -0.2) is 33.5 Å². The zero-order valence-electron chi connectivity index (χ0n) is 14.1. The van der Waals surface area contributed by atoms with Crippen LogP contribution in [0.15, 0.2) is 23.1 Å². The molecule has 1 aliphatic heterocycles. The Balaban J connectivity index is 2.38. The van der Waals surface area contributed by atoms with Gasteiger partial charge in [0.05, 0.1) is 10.9 Å². The van der Waals surface area contributed by atoms with Crippen molar-refractivity contribution in [2.45, 2.75) is 45.1 Å². The molecule has 0 fully saturated rings. The van der Waals surface area contributed by atoms with Crippen LogP contribution in [0.25, 0.3) is 0 Å². The van der Waals surface area contributed by atoms with Crippen molar-refractivity contribution in [1.82, 2.24) is 4.72 Å². The van der Waals surface area contributed by atoms with Gasteiger partial charge >= 0.3 is 0 Å². The smallest absolute Gasteiger partial charge is 0.244 e. The number of fused-ring (bicyclic) bond motifs is 1. The number of sulfonamides is 1. The van der Waals surface area contributed by atoms with Crippen molar-refractivity contribution in [2.24, 2.45) is 11.1 Å². The van der Waals surface area contributed by atoms with Crippen LogP contribution in [0.3, 0.4) is 0 Å². The van der Waals surface area contributed by atoms with E-state index in [1.54, 1.807) is 30.0 Å². The van der Waals surface area contributed by atoms with Gasteiger partial charge in [-0.3, -0.25) is 4.79 Å². The maximum atomic E-state index is 12.7. The van der Waals surface area contributed by atoms with Crippen LogP contribution in [0.2, 0.25) is 0 Å². The predicted octanol–water partition coefficient (Wildman–Crippen LogP) is 1.25. The van der Waals surface area contributed by atoms with Crippen LogP contribution in [-0.2, 0) is 21.2 Å². The number of nitrogens with two attached hydrogens (primary N) is 1. The lowest BCUT2D eigenvalue weighted by Crippen LogP contribution is -2.50. The Bertz CT molecular complexity index is 708. The van der Waals surface area contributed by atoms with Gasteiger partial charge in [0.1, 0.15) is 0 Å². The highest BCUT2D eigenvalue weighted by molar-refractivity contribution is 7.89. The first-order valence-corrected chi connectivity index (χ1v) is 9.26. The largest absolute Gasteiger partial charge is 0.319 e. The highest BCUT2D eigenvalue weighted by Crippen LogP contribution is 2.32. The van der Waals surface area contributed by atoms with Crippen LogP contribution in [0.1, 0.15) is 33.3 Å². The second-order valence-corrected chi connectivity index (χ2v) is 8.64. The molecule has 3 N–H and O–H groups in total. The summed E-state index contributed by atoms with van der Waals surface area (Å²) in [5.41, 5.74) is 7.34. The van der Waals surface area contributed by atoms with E-state index in [-0.39, 0.29) is 16.2 Å². The third kappa shape index (κ3) is 3.57. The van der Waals surface area contributed by atoms with E-state index in [2.05, 4.69) is 4.72 Å². The number of amides is 1. The molecule has 0 spiro atoms. The number of nitrogens with one attached hydrogen (secondary N) is 1. The van der Waals surface area contributed by atoms with Gasteiger partial charge < -0.3 is 10.6 Å². The molecule has 0 saturated heterocycles. The molecule has 6 nitrogen and oxygen atoms in total. The third-order valence-corrected chi connectivity index (χ3v) is 5.61. The highest BCUT2D eigenvalue weighted by Gasteiger charge is 2.35. The van der Waals surface area contributed by atoms with E-state index in [4.69, 9.17) is 5.73 Å². The Labute approximate surface area is 138 Å². The zero-order valence-corrected chi connectivity index (χ0v) is 14.9. The highest BCUT2D eigenvalue weighted by atomic mass is 32.2. The first-order valence-electron chi connectivity index (χ1n) is 7.77. The third-order valence-electron chi connectivity index (χ3n) is 4.06. The lowest BCUT2D eigenvalue weighted by Gasteiger charge is -2.30. The topological polar surface area (TPSA) is 92.5 Å². The molecule has 1 heterocycles. The average molecular weight is 339 g/mol. The van der Waals surface area contributed by atoms with Gasteiger partial charge in [-0.05, 0) is 29.5 Å². The second kappa shape index (κ2) is 6.22. The minimum atomic E-state index is -3.55. The van der Waals surface area contributed by atoms with Crippen molar-refractivity contribution in [3.8, 4) is 0 Å². The molecule has 2 rings (SSSR count). The molecule has 0 unspecified atom stereocenters. The van der Waals surface area contributed by atoms with Gasteiger partial charge in [-0.2, -0.15) is 0 Å². The summed E-state index contributed by atoms with van der Waals surface area (Å²) in [6.07, 6.45) is 0.708. The fourth-order valence-corrected chi connectivity index (χ4v) is 3.63. The maximum Gasteiger partial charge on any atom is 0.244 e. The molecule has 1 aromatic carbocycles. The SMILES string of the molecule is CCNS(=O)(=O)c1ccc2c(c1)N(C(=O)[C@@H](N)C(C)(C)C)CC2. The number of carbonyl (C=O) groups excluding carboxylic acids is 1. The van der Waals surface area contributed by atoms with E-state index in [0.717, 1.165) is 5.56 Å². The van der Waals surface area contributed by atoms with E-state index in [1.165, 1.54) is 0 Å². The molecule has 23 heavy (non-hydrogen) atoms. The molecule has 0 saturated carbocycles. The normalized spacial score (nSPS) is 16.3. The van der Waals surface area contributed by atoms with E-state index < -0.39 is 16.1 Å². The quantitative estimate of drug-likeness (QED) is 0.863. The fraction of sp³-hybridized carbons (Fsp3) is 0.562. The molecule has 128 valence electrons. The van der Waals surface area contributed by atoms with Gasteiger partial charge in [-0.25, -0.2) is 13.1 Å². The van der Waals surface area contributed by atoms with Crippen molar-refractivity contribution >= 4 is 21.6 Å². The number of carbonyl (C=O) groups is 1. The Kier molecular flexibility index (Phi) is 4.84. The number of nitrogens with zero attached hydrogens (tertiary/aromatic N) is 1. The van der Waals surface area contributed by atoms with E-state index in [1.807, 2.05) is 20.8 Å². The van der Waals surface area contributed by atoms with E-state index >= 15 is 0 Å². The molecule has 1 aliphatic rings. The summed E-state index contributed by atoms with van der Waals surface area (Å²) in [7, 11) is -3.55. The van der Waals surface area contributed by atoms with Gasteiger partial charge in [0.2, 0.25) is 15.9 Å². The van der Waals surface area contributed by atoms with Gasteiger partial charge in [0, 0.05) is 18.8 Å². The predicted molar refractivity (Wildman–Crippen MR) is 90.8 cm³/mol. The summed E-state index contributed by atoms with van der Waals surface area (Å²) >= 11 is 0. The molecule has 0 aromatic heterocycles. The summed E-state index contributed by atoms with van der Waals surface area (Å²) in [4.78, 5) is 14.5. The molecule has 1 atom stereocenters. The molecular formula is C16H25N3O3S. The Morgan fingerprint density at radius 2 is 2.04 bits per heavy atom. The fourth-order valence-electron chi connectivity index (χ4n) is 2.57. The maximum absolute atomic E-state index is 12.7. The summed E-state index contributed by atoms with van der Waals surface area (Å²) in [6.45, 7) is 8.32. The van der Waals surface area contributed by atoms with Crippen LogP contribution >= 0.6 is 0 Å². The molecule has 0 aliphatic carbocycles. The molecular weight excluding hydrogens is 314 g/mol. The molecule has 0 bridgehead atoms. The van der Waals surface area contributed by atoms with Crippen molar-refractivity contribution in [1.29, 1.82) is 0 Å². The van der Waals surface area contributed by atoms with Crippen LogP contribution < -0.4 is 15.4 Å². The minimum absolute atomic E-state index is 0.169. The minimum Gasteiger partial charge on any atom is -0.319 e. The molecule has 1 amide bonds. The van der Waals surface area contributed by atoms with E-state index in [0.29, 0.717) is 25.2 Å². The summed E-state index contributed by atoms with van der Waals surface area (Å²) in [5.74, 6) is -0.172. The van der Waals surface area contributed by atoms with Gasteiger partial charge in [0.15, 0.2) is 0 Å². The molecule has 0 radical (unpaired) electrons. The van der Waals surface area contributed by atoms with Crippen LogP contribution in [0, 0.1) is 5.41 Å². The molecule has 1 aromatic rings. The standard InChI is InChI=1S/C16H25N3O3S/c1-5-18-23(21,22)12-7-6-11-8-9-19(13(11)10-12)15(20)14(17)16(2,3)4/h6-7,10,14,18H,5,8-9,17H2,1-4H3/t14-/m1/s1. The zero-order chi connectivity index (χ0) is 17.4. The first kappa shape index (κ1) is 17.9. The van der Waals surface area contributed by atoms with Crippen molar-refractivity contribution in [3.05, 3.63) is 23.8 Å². The van der Waals surface area contributed by atoms with Crippen LogP contribution in [0.4, 0.5) is 5.69 Å². The monoisotopic (exact) mass is 339 g/mol. The lowest BCUT2D eigenvalue weighted by atomic mass is 9.86. The number of rotatable bonds is 4. The van der Waals surface area contributed by atoms with Gasteiger partial charge in [-0.1, -0.05) is 33.8 Å². The van der Waals surface area contributed by atoms with E-state index in [9.17, 15) is 13.2 Å². The van der Waals surface area contributed by atoms with Crippen LogP contribution in [0.5, 0.6) is 0 Å². The number of benzene rings is 1. The van der Waals surface area contributed by atoms with Gasteiger partial charge in [-0.15, -0.1) is 0 Å². The van der Waals surface area contributed by atoms with Crippen molar-refractivity contribution in [2.75, 3.05) is 18.0 Å². The van der Waals surface area contributed by atoms with Gasteiger partial charge in [0.25, 0.3) is 0 Å². The summed E-state index contributed by atoms with van der Waals surface area (Å²) < 4.78 is 26.8. The number of hydrogen-bond donors (Lipinski definition) is 2. The van der Waals surface area contributed by atoms with Crippen molar-refractivity contribution < 1.29 is 13.2 Å². The summed E-state index contributed by atoms with van der Waals surface area (Å²) in [5, 5.41) is 0.